The molecule has 1 aromatic heterocycles. The summed E-state index contributed by atoms with van der Waals surface area (Å²) in [5.41, 5.74) is 2.65. The normalized spacial score (nSPS) is 20.6. The minimum atomic E-state index is -0.180. The predicted molar refractivity (Wildman–Crippen MR) is 103 cm³/mol. The SMILES string of the molecule is C[C@@H](Sc1nnc2n1CCCCC2)C(=O)N[C@H]1CCCc2ccccc21. The molecule has 0 unspecified atom stereocenters. The van der Waals surface area contributed by atoms with Crippen molar-refractivity contribution in [2.24, 2.45) is 0 Å². The van der Waals surface area contributed by atoms with Crippen LogP contribution in [0.1, 0.15) is 62.0 Å². The number of hydrogen-bond acceptors (Lipinski definition) is 4. The van der Waals surface area contributed by atoms with Crippen molar-refractivity contribution in [3.63, 3.8) is 0 Å². The molecule has 1 N–H and O–H groups in total. The molecular formula is C20H26N4OS. The van der Waals surface area contributed by atoms with Crippen LogP contribution in [0.2, 0.25) is 0 Å². The molecule has 1 aliphatic carbocycles. The molecule has 0 spiro atoms. The van der Waals surface area contributed by atoms with Gasteiger partial charge in [-0.3, -0.25) is 4.79 Å². The highest BCUT2D eigenvalue weighted by Crippen LogP contribution is 2.31. The average Bonchev–Trinajstić information content (AvgIpc) is 2.88. The molecule has 0 fully saturated rings. The van der Waals surface area contributed by atoms with Gasteiger partial charge < -0.3 is 9.88 Å². The molecular weight excluding hydrogens is 344 g/mol. The van der Waals surface area contributed by atoms with E-state index in [4.69, 9.17) is 0 Å². The maximum Gasteiger partial charge on any atom is 0.233 e. The second kappa shape index (κ2) is 7.82. The van der Waals surface area contributed by atoms with Gasteiger partial charge in [0.05, 0.1) is 11.3 Å². The van der Waals surface area contributed by atoms with E-state index in [2.05, 4.69) is 44.3 Å². The number of aryl methyl sites for hydroxylation is 2. The Morgan fingerprint density at radius 2 is 2.08 bits per heavy atom. The number of fused-ring (bicyclic) bond motifs is 2. The molecule has 2 aliphatic rings. The number of hydrogen-bond donors (Lipinski definition) is 1. The van der Waals surface area contributed by atoms with Crippen molar-refractivity contribution in [1.82, 2.24) is 20.1 Å². The van der Waals surface area contributed by atoms with Crippen LogP contribution in [0, 0.1) is 0 Å². The lowest BCUT2D eigenvalue weighted by molar-refractivity contribution is -0.121. The number of amides is 1. The molecule has 0 bridgehead atoms. The molecule has 1 amide bonds. The third-order valence-electron chi connectivity index (χ3n) is 5.41. The third-order valence-corrected chi connectivity index (χ3v) is 6.49. The number of nitrogens with one attached hydrogen (secondary N) is 1. The minimum Gasteiger partial charge on any atom is -0.348 e. The fourth-order valence-corrected chi connectivity index (χ4v) is 4.85. The number of thioether (sulfide) groups is 1. The van der Waals surface area contributed by atoms with Gasteiger partial charge in [-0.2, -0.15) is 0 Å². The van der Waals surface area contributed by atoms with Gasteiger partial charge in [0, 0.05) is 13.0 Å². The molecule has 0 saturated heterocycles. The van der Waals surface area contributed by atoms with Crippen molar-refractivity contribution in [3.05, 3.63) is 41.2 Å². The van der Waals surface area contributed by atoms with Gasteiger partial charge in [0.25, 0.3) is 0 Å². The Bertz CT molecular complexity index is 788. The Hall–Kier alpha value is -1.82. The van der Waals surface area contributed by atoms with E-state index < -0.39 is 0 Å². The number of carbonyl (C=O) groups is 1. The molecule has 2 heterocycles. The van der Waals surface area contributed by atoms with Crippen molar-refractivity contribution in [3.8, 4) is 0 Å². The van der Waals surface area contributed by atoms with Crippen LogP contribution in [0.4, 0.5) is 0 Å². The average molecular weight is 371 g/mol. The highest BCUT2D eigenvalue weighted by atomic mass is 32.2. The van der Waals surface area contributed by atoms with E-state index in [9.17, 15) is 4.79 Å². The summed E-state index contributed by atoms with van der Waals surface area (Å²) in [7, 11) is 0. The van der Waals surface area contributed by atoms with Gasteiger partial charge in [-0.1, -0.05) is 42.4 Å². The molecule has 6 heteroatoms. The van der Waals surface area contributed by atoms with Crippen LogP contribution in [-0.4, -0.2) is 25.9 Å². The van der Waals surface area contributed by atoms with Gasteiger partial charge in [0.2, 0.25) is 5.91 Å². The Kier molecular flexibility index (Phi) is 5.29. The molecule has 1 aliphatic heterocycles. The summed E-state index contributed by atoms with van der Waals surface area (Å²) in [6.45, 7) is 2.93. The van der Waals surface area contributed by atoms with Crippen LogP contribution in [0.3, 0.4) is 0 Å². The van der Waals surface area contributed by atoms with Crippen LogP contribution >= 0.6 is 11.8 Å². The Morgan fingerprint density at radius 1 is 1.19 bits per heavy atom. The second-order valence-corrected chi connectivity index (χ2v) is 8.58. The molecule has 4 rings (SSSR count). The Balaban J connectivity index is 1.42. The maximum atomic E-state index is 12.8. The molecule has 0 saturated carbocycles. The zero-order valence-electron chi connectivity index (χ0n) is 15.3. The van der Waals surface area contributed by atoms with E-state index in [-0.39, 0.29) is 17.2 Å². The fourth-order valence-electron chi connectivity index (χ4n) is 3.95. The highest BCUT2D eigenvalue weighted by Gasteiger charge is 2.25. The van der Waals surface area contributed by atoms with Crippen LogP contribution in [0.15, 0.2) is 29.4 Å². The van der Waals surface area contributed by atoms with E-state index in [1.54, 1.807) is 0 Å². The summed E-state index contributed by atoms with van der Waals surface area (Å²) >= 11 is 1.53. The highest BCUT2D eigenvalue weighted by molar-refractivity contribution is 8.00. The van der Waals surface area contributed by atoms with Crippen molar-refractivity contribution >= 4 is 17.7 Å². The zero-order chi connectivity index (χ0) is 17.9. The van der Waals surface area contributed by atoms with Gasteiger partial charge in [-0.15, -0.1) is 10.2 Å². The minimum absolute atomic E-state index is 0.0858. The van der Waals surface area contributed by atoms with Crippen molar-refractivity contribution < 1.29 is 4.79 Å². The molecule has 5 nitrogen and oxygen atoms in total. The summed E-state index contributed by atoms with van der Waals surface area (Å²) in [5.74, 6) is 1.15. The summed E-state index contributed by atoms with van der Waals surface area (Å²) in [5, 5.41) is 12.6. The van der Waals surface area contributed by atoms with Crippen molar-refractivity contribution in [1.29, 1.82) is 0 Å². The number of nitrogens with zero attached hydrogens (tertiary/aromatic N) is 3. The van der Waals surface area contributed by atoms with E-state index in [0.29, 0.717) is 0 Å². The molecule has 0 radical (unpaired) electrons. The summed E-state index contributed by atoms with van der Waals surface area (Å²) < 4.78 is 2.21. The summed E-state index contributed by atoms with van der Waals surface area (Å²) in [6, 6.07) is 8.60. The van der Waals surface area contributed by atoms with Crippen LogP contribution < -0.4 is 5.32 Å². The van der Waals surface area contributed by atoms with Gasteiger partial charge in [-0.05, 0) is 50.2 Å². The summed E-state index contributed by atoms with van der Waals surface area (Å²) in [6.07, 6.45) is 7.83. The maximum absolute atomic E-state index is 12.8. The quantitative estimate of drug-likeness (QED) is 0.834. The van der Waals surface area contributed by atoms with Gasteiger partial charge in [0.1, 0.15) is 5.82 Å². The fraction of sp³-hybridized carbons (Fsp3) is 0.550. The van der Waals surface area contributed by atoms with Gasteiger partial charge >= 0.3 is 0 Å². The third kappa shape index (κ3) is 3.65. The lowest BCUT2D eigenvalue weighted by Gasteiger charge is -2.27. The zero-order valence-corrected chi connectivity index (χ0v) is 16.1. The number of carbonyl (C=O) groups excluding carboxylic acids is 1. The van der Waals surface area contributed by atoms with Crippen LogP contribution in [-0.2, 0) is 24.2 Å². The first-order valence-corrected chi connectivity index (χ1v) is 10.6. The largest absolute Gasteiger partial charge is 0.348 e. The van der Waals surface area contributed by atoms with E-state index in [1.165, 1.54) is 35.7 Å². The topological polar surface area (TPSA) is 59.8 Å². The van der Waals surface area contributed by atoms with Crippen LogP contribution in [0.5, 0.6) is 0 Å². The predicted octanol–water partition coefficient (Wildman–Crippen LogP) is 3.68. The number of aromatic nitrogens is 3. The molecule has 1 aromatic carbocycles. The Labute approximate surface area is 159 Å². The first-order chi connectivity index (χ1) is 12.7. The monoisotopic (exact) mass is 370 g/mol. The lowest BCUT2D eigenvalue weighted by atomic mass is 9.88. The van der Waals surface area contributed by atoms with Crippen LogP contribution in [0.25, 0.3) is 0 Å². The van der Waals surface area contributed by atoms with Gasteiger partial charge in [0.15, 0.2) is 5.16 Å². The second-order valence-electron chi connectivity index (χ2n) is 7.27. The molecule has 138 valence electrons. The van der Waals surface area contributed by atoms with E-state index in [1.807, 2.05) is 6.92 Å². The first-order valence-electron chi connectivity index (χ1n) is 9.69. The van der Waals surface area contributed by atoms with E-state index >= 15 is 0 Å². The van der Waals surface area contributed by atoms with Crippen molar-refractivity contribution in [2.45, 2.75) is 74.9 Å². The lowest BCUT2D eigenvalue weighted by Crippen LogP contribution is -2.36. The molecule has 2 aromatic rings. The number of benzene rings is 1. The molecule has 2 atom stereocenters. The van der Waals surface area contributed by atoms with Crippen molar-refractivity contribution in [2.75, 3.05) is 0 Å². The summed E-state index contributed by atoms with van der Waals surface area (Å²) in [4.78, 5) is 12.8. The standard InChI is InChI=1S/C20H26N4OS/c1-14(26-20-23-22-18-12-3-2-6-13-24(18)20)19(25)21-17-11-7-9-15-8-4-5-10-16(15)17/h4-5,8,10,14,17H,2-3,6-7,9,11-13H2,1H3,(H,21,25)/t14-,17+/m1/s1. The smallest absolute Gasteiger partial charge is 0.233 e. The molecule has 26 heavy (non-hydrogen) atoms. The first kappa shape index (κ1) is 17.6. The van der Waals surface area contributed by atoms with Gasteiger partial charge in [-0.25, -0.2) is 0 Å². The Morgan fingerprint density at radius 3 is 3.00 bits per heavy atom. The number of rotatable bonds is 4. The van der Waals surface area contributed by atoms with E-state index in [0.717, 1.165) is 49.6 Å².